The van der Waals surface area contributed by atoms with Crippen molar-refractivity contribution in [1.82, 2.24) is 4.90 Å². The van der Waals surface area contributed by atoms with Crippen molar-refractivity contribution in [3.8, 4) is 0 Å². The summed E-state index contributed by atoms with van der Waals surface area (Å²) in [6.07, 6.45) is 7.33. The van der Waals surface area contributed by atoms with Crippen molar-refractivity contribution in [2.24, 2.45) is 0 Å². The van der Waals surface area contributed by atoms with Gasteiger partial charge in [-0.05, 0) is 6.42 Å². The molecular weight excluding hydrogens is 246 g/mol. The maximum absolute atomic E-state index is 11.3. The van der Waals surface area contributed by atoms with Gasteiger partial charge in [0.2, 0.25) is 0 Å². The lowest BCUT2D eigenvalue weighted by Crippen LogP contribution is -2.44. The molecule has 5 nitrogen and oxygen atoms in total. The highest BCUT2D eigenvalue weighted by molar-refractivity contribution is 5.73. The third-order valence-corrected chi connectivity index (χ3v) is 3.33. The fourth-order valence-electron chi connectivity index (χ4n) is 2.26. The van der Waals surface area contributed by atoms with Crippen molar-refractivity contribution < 1.29 is 20.1 Å². The van der Waals surface area contributed by atoms with E-state index >= 15 is 0 Å². The first-order valence-electron chi connectivity index (χ1n) is 7.35. The molecule has 0 spiro atoms. The molecule has 0 aromatic rings. The van der Waals surface area contributed by atoms with E-state index in [-0.39, 0.29) is 13.2 Å². The minimum Gasteiger partial charge on any atom is -0.480 e. The molecule has 0 heterocycles. The van der Waals surface area contributed by atoms with E-state index in [2.05, 4.69) is 6.92 Å². The van der Waals surface area contributed by atoms with Gasteiger partial charge >= 0.3 is 5.97 Å². The van der Waals surface area contributed by atoms with Crippen LogP contribution in [0, 0.1) is 0 Å². The fraction of sp³-hybridized carbons (Fsp3) is 0.929. The first-order chi connectivity index (χ1) is 9.17. The standard InChI is InChI=1S/C14H29NO4/c1-2-3-4-5-6-7-8-13(14(18)19)15(9-11-16)10-12-17/h13,16-17H,2-12H2,1H3,(H,18,19). The minimum atomic E-state index is -0.865. The first-order valence-corrected chi connectivity index (χ1v) is 7.35. The Bertz CT molecular complexity index is 217. The maximum Gasteiger partial charge on any atom is 0.320 e. The van der Waals surface area contributed by atoms with Gasteiger partial charge in [0.1, 0.15) is 6.04 Å². The van der Waals surface area contributed by atoms with Gasteiger partial charge in [-0.3, -0.25) is 9.69 Å². The van der Waals surface area contributed by atoms with Crippen LogP contribution in [0.5, 0.6) is 0 Å². The van der Waals surface area contributed by atoms with Gasteiger partial charge < -0.3 is 15.3 Å². The highest BCUT2D eigenvalue weighted by Gasteiger charge is 2.24. The Kier molecular flexibility index (Phi) is 12.0. The zero-order valence-corrected chi connectivity index (χ0v) is 12.1. The van der Waals surface area contributed by atoms with E-state index < -0.39 is 12.0 Å². The number of aliphatic hydroxyl groups is 2. The summed E-state index contributed by atoms with van der Waals surface area (Å²) in [4.78, 5) is 12.9. The lowest BCUT2D eigenvalue weighted by atomic mass is 10.0. The predicted molar refractivity (Wildman–Crippen MR) is 75.2 cm³/mol. The molecule has 0 saturated carbocycles. The molecular formula is C14H29NO4. The summed E-state index contributed by atoms with van der Waals surface area (Å²) < 4.78 is 0. The van der Waals surface area contributed by atoms with Crippen molar-refractivity contribution in [3.05, 3.63) is 0 Å². The highest BCUT2D eigenvalue weighted by atomic mass is 16.4. The van der Waals surface area contributed by atoms with Crippen molar-refractivity contribution in [3.63, 3.8) is 0 Å². The predicted octanol–water partition coefficient (Wildman–Crippen LogP) is 1.48. The zero-order valence-electron chi connectivity index (χ0n) is 12.1. The SMILES string of the molecule is CCCCCCCCC(C(=O)O)N(CCO)CCO. The number of carboxylic acids is 1. The molecule has 0 fully saturated rings. The molecule has 0 aliphatic rings. The first kappa shape index (κ1) is 18.4. The number of hydrogen-bond donors (Lipinski definition) is 3. The van der Waals surface area contributed by atoms with Crippen LogP contribution in [0.15, 0.2) is 0 Å². The van der Waals surface area contributed by atoms with E-state index in [1.807, 2.05) is 0 Å². The molecule has 1 atom stereocenters. The molecule has 0 aromatic heterocycles. The normalized spacial score (nSPS) is 12.8. The van der Waals surface area contributed by atoms with Crippen LogP contribution in [0.25, 0.3) is 0 Å². The van der Waals surface area contributed by atoms with Crippen molar-refractivity contribution >= 4 is 5.97 Å². The van der Waals surface area contributed by atoms with Crippen LogP contribution >= 0.6 is 0 Å². The van der Waals surface area contributed by atoms with Crippen LogP contribution in [0.3, 0.4) is 0 Å². The summed E-state index contributed by atoms with van der Waals surface area (Å²) in [7, 11) is 0. The van der Waals surface area contributed by atoms with Gasteiger partial charge in [-0.2, -0.15) is 0 Å². The van der Waals surface area contributed by atoms with E-state index in [0.29, 0.717) is 19.5 Å². The summed E-state index contributed by atoms with van der Waals surface area (Å²) in [5.41, 5.74) is 0. The van der Waals surface area contributed by atoms with Crippen LogP contribution in [0.1, 0.15) is 51.9 Å². The Morgan fingerprint density at radius 1 is 1.00 bits per heavy atom. The number of hydrogen-bond acceptors (Lipinski definition) is 4. The minimum absolute atomic E-state index is 0.0831. The molecule has 114 valence electrons. The fourth-order valence-corrected chi connectivity index (χ4v) is 2.26. The molecule has 0 bridgehead atoms. The van der Waals surface area contributed by atoms with Gasteiger partial charge in [0, 0.05) is 13.1 Å². The third kappa shape index (κ3) is 8.97. The lowest BCUT2D eigenvalue weighted by Gasteiger charge is -2.27. The summed E-state index contributed by atoms with van der Waals surface area (Å²) >= 11 is 0. The summed E-state index contributed by atoms with van der Waals surface area (Å²) in [6.45, 7) is 2.60. The number of rotatable bonds is 13. The van der Waals surface area contributed by atoms with Gasteiger partial charge in [-0.1, -0.05) is 45.4 Å². The van der Waals surface area contributed by atoms with Crippen molar-refractivity contribution in [2.45, 2.75) is 57.9 Å². The molecule has 0 saturated heterocycles. The molecule has 0 amide bonds. The largest absolute Gasteiger partial charge is 0.480 e. The highest BCUT2D eigenvalue weighted by Crippen LogP contribution is 2.12. The van der Waals surface area contributed by atoms with E-state index in [4.69, 9.17) is 10.2 Å². The topological polar surface area (TPSA) is 81.0 Å². The van der Waals surface area contributed by atoms with Crippen LogP contribution in [-0.2, 0) is 4.79 Å². The van der Waals surface area contributed by atoms with E-state index in [1.54, 1.807) is 4.90 Å². The Morgan fingerprint density at radius 3 is 2.00 bits per heavy atom. The van der Waals surface area contributed by atoms with Gasteiger partial charge in [0.15, 0.2) is 0 Å². The Labute approximate surface area is 116 Å². The van der Waals surface area contributed by atoms with Crippen molar-refractivity contribution in [1.29, 1.82) is 0 Å². The number of aliphatic hydroxyl groups excluding tert-OH is 2. The molecule has 0 radical (unpaired) electrons. The van der Waals surface area contributed by atoms with Crippen LogP contribution in [-0.4, -0.2) is 58.5 Å². The second-order valence-electron chi connectivity index (χ2n) is 4.89. The van der Waals surface area contributed by atoms with E-state index in [0.717, 1.165) is 19.3 Å². The number of unbranched alkanes of at least 4 members (excludes halogenated alkanes) is 5. The zero-order chi connectivity index (χ0) is 14.5. The summed E-state index contributed by atoms with van der Waals surface area (Å²) in [5.74, 6) is -0.865. The molecule has 0 rings (SSSR count). The second kappa shape index (κ2) is 12.4. The van der Waals surface area contributed by atoms with Gasteiger partial charge in [-0.25, -0.2) is 0 Å². The average molecular weight is 275 g/mol. The number of nitrogens with zero attached hydrogens (tertiary/aromatic N) is 1. The Hall–Kier alpha value is -0.650. The lowest BCUT2D eigenvalue weighted by molar-refractivity contribution is -0.144. The van der Waals surface area contributed by atoms with Crippen LogP contribution in [0.2, 0.25) is 0 Å². The van der Waals surface area contributed by atoms with E-state index in [9.17, 15) is 9.90 Å². The van der Waals surface area contributed by atoms with Crippen LogP contribution < -0.4 is 0 Å². The van der Waals surface area contributed by atoms with Crippen molar-refractivity contribution in [2.75, 3.05) is 26.3 Å². The van der Waals surface area contributed by atoms with Gasteiger partial charge in [-0.15, -0.1) is 0 Å². The Morgan fingerprint density at radius 2 is 1.53 bits per heavy atom. The molecule has 3 N–H and O–H groups in total. The molecule has 1 unspecified atom stereocenters. The maximum atomic E-state index is 11.3. The molecule has 0 aliphatic heterocycles. The number of carboxylic acid groups (broad SMARTS) is 1. The molecule has 5 heteroatoms. The number of carbonyl (C=O) groups is 1. The van der Waals surface area contributed by atoms with Crippen LogP contribution in [0.4, 0.5) is 0 Å². The molecule has 0 aromatic carbocycles. The monoisotopic (exact) mass is 275 g/mol. The average Bonchev–Trinajstić information content (AvgIpc) is 2.37. The third-order valence-electron chi connectivity index (χ3n) is 3.33. The van der Waals surface area contributed by atoms with Gasteiger partial charge in [0.25, 0.3) is 0 Å². The molecule has 19 heavy (non-hydrogen) atoms. The second-order valence-corrected chi connectivity index (χ2v) is 4.89. The number of aliphatic carboxylic acids is 1. The van der Waals surface area contributed by atoms with E-state index in [1.165, 1.54) is 19.3 Å². The Balaban J connectivity index is 4.05. The summed E-state index contributed by atoms with van der Waals surface area (Å²) in [5, 5.41) is 27.1. The quantitative estimate of drug-likeness (QED) is 0.444. The summed E-state index contributed by atoms with van der Waals surface area (Å²) in [6, 6.07) is -0.592. The molecule has 0 aliphatic carbocycles. The van der Waals surface area contributed by atoms with Gasteiger partial charge in [0.05, 0.1) is 13.2 Å². The smallest absolute Gasteiger partial charge is 0.320 e.